The van der Waals surface area contributed by atoms with Crippen molar-refractivity contribution in [2.45, 2.75) is 37.6 Å². The van der Waals surface area contributed by atoms with Crippen LogP contribution in [-0.4, -0.2) is 24.3 Å². The summed E-state index contributed by atoms with van der Waals surface area (Å²) < 4.78 is 24.0. The molecule has 0 bridgehead atoms. The Bertz CT molecular complexity index is 1040. The number of rotatable bonds is 9. The second-order valence-electron chi connectivity index (χ2n) is 6.91. The van der Waals surface area contributed by atoms with Crippen molar-refractivity contribution in [3.63, 3.8) is 0 Å². The van der Waals surface area contributed by atoms with Crippen molar-refractivity contribution in [1.82, 2.24) is 15.8 Å². The molecule has 1 fully saturated rings. The zero-order chi connectivity index (χ0) is 21.6. The number of aliphatic imine (C=N–C) groups is 1. The summed E-state index contributed by atoms with van der Waals surface area (Å²) >= 11 is 2.69. The molecule has 3 heterocycles. The van der Waals surface area contributed by atoms with Gasteiger partial charge in [0.2, 0.25) is 0 Å². The molecule has 3 N–H and O–H groups in total. The van der Waals surface area contributed by atoms with Gasteiger partial charge < -0.3 is 9.27 Å². The molecule has 2 unspecified atom stereocenters. The van der Waals surface area contributed by atoms with Gasteiger partial charge in [-0.25, -0.2) is 10.4 Å². The zero-order valence-corrected chi connectivity index (χ0v) is 20.0. The summed E-state index contributed by atoms with van der Waals surface area (Å²) in [6, 6.07) is 11.3. The Morgan fingerprint density at radius 2 is 2.13 bits per heavy atom. The minimum Gasteiger partial charge on any atom is -0.755 e. The molecule has 1 aliphatic heterocycles. The van der Waals surface area contributed by atoms with E-state index in [4.69, 9.17) is 9.98 Å². The molecule has 0 radical (unpaired) electrons. The molecule has 0 aliphatic carbocycles. The van der Waals surface area contributed by atoms with E-state index in [1.807, 2.05) is 18.2 Å². The normalized spacial score (nSPS) is 19.3. The maximum absolute atomic E-state index is 10.8. The Labute approximate surface area is 196 Å². The number of benzene rings is 1. The van der Waals surface area contributed by atoms with Crippen LogP contribution in [-0.2, 0) is 17.7 Å². The highest BCUT2D eigenvalue weighted by molar-refractivity contribution is 8.14. The molecule has 1 aliphatic rings. The molecule has 164 valence electrons. The first-order valence-corrected chi connectivity index (χ1v) is 13.5. The van der Waals surface area contributed by atoms with Gasteiger partial charge in [-0.1, -0.05) is 43.3 Å². The van der Waals surface area contributed by atoms with Gasteiger partial charge in [-0.15, -0.1) is 22.7 Å². The van der Waals surface area contributed by atoms with Crippen molar-refractivity contribution >= 4 is 56.6 Å². The summed E-state index contributed by atoms with van der Waals surface area (Å²) in [5.74, 6) is 0. The van der Waals surface area contributed by atoms with Crippen LogP contribution in [0.1, 0.15) is 37.1 Å². The van der Waals surface area contributed by atoms with Crippen LogP contribution in [0.2, 0.25) is 0 Å². The molecule has 0 saturated carbocycles. The number of amidine groups is 1. The van der Waals surface area contributed by atoms with Crippen LogP contribution in [0.15, 0.2) is 52.2 Å². The fourth-order valence-electron chi connectivity index (χ4n) is 3.13. The largest absolute Gasteiger partial charge is 0.755 e. The number of aromatic nitrogens is 1. The molecule has 0 spiro atoms. The zero-order valence-electron chi connectivity index (χ0n) is 16.7. The minimum atomic E-state index is -2.33. The van der Waals surface area contributed by atoms with Crippen molar-refractivity contribution in [2.24, 2.45) is 4.99 Å². The predicted molar refractivity (Wildman–Crippen MR) is 131 cm³/mol. The van der Waals surface area contributed by atoms with E-state index >= 15 is 0 Å². The van der Waals surface area contributed by atoms with E-state index in [2.05, 4.69) is 39.3 Å². The predicted octanol–water partition coefficient (Wildman–Crippen LogP) is 4.68. The molecule has 3 atom stereocenters. The lowest BCUT2D eigenvalue weighted by atomic mass is 10.0. The lowest BCUT2D eigenvalue weighted by molar-refractivity contribution is 0.542. The number of nitrogens with one attached hydrogen (secondary N) is 3. The van der Waals surface area contributed by atoms with Gasteiger partial charge in [0.25, 0.3) is 0 Å². The highest BCUT2D eigenvalue weighted by Gasteiger charge is 2.23. The monoisotopic (exact) mass is 492 g/mol. The third kappa shape index (κ3) is 6.15. The lowest BCUT2D eigenvalue weighted by Crippen LogP contribution is -2.31. The summed E-state index contributed by atoms with van der Waals surface area (Å²) in [4.78, 5) is 11.0. The van der Waals surface area contributed by atoms with Gasteiger partial charge >= 0.3 is 0 Å². The second-order valence-corrected chi connectivity index (χ2v) is 10.6. The lowest BCUT2D eigenvalue weighted by Gasteiger charge is -2.13. The van der Waals surface area contributed by atoms with Crippen LogP contribution in [0.4, 0.5) is 5.69 Å². The van der Waals surface area contributed by atoms with Gasteiger partial charge in [-0.2, -0.15) is 0 Å². The maximum atomic E-state index is 10.8. The highest BCUT2D eigenvalue weighted by atomic mass is 32.2. The Hall–Kier alpha value is -1.76. The molecule has 4 rings (SSSR count). The van der Waals surface area contributed by atoms with Crippen LogP contribution in [0.3, 0.4) is 0 Å². The molecule has 0 amide bonds. The molecule has 3 aromatic rings. The molecule has 1 saturated heterocycles. The first-order valence-electron chi connectivity index (χ1n) is 9.81. The van der Waals surface area contributed by atoms with Crippen molar-refractivity contribution in [3.05, 3.63) is 58.4 Å². The number of nitrogens with zero attached hydrogens (tertiary/aromatic N) is 2. The summed E-state index contributed by atoms with van der Waals surface area (Å²) in [6.07, 6.45) is 2.84. The number of hydrogen-bond acceptors (Lipinski definition) is 8. The van der Waals surface area contributed by atoms with Gasteiger partial charge in [-0.3, -0.25) is 14.6 Å². The molecule has 31 heavy (non-hydrogen) atoms. The Morgan fingerprint density at radius 3 is 2.84 bits per heavy atom. The number of anilines is 1. The first-order chi connectivity index (χ1) is 15.1. The van der Waals surface area contributed by atoms with Crippen molar-refractivity contribution < 1.29 is 8.76 Å². The van der Waals surface area contributed by atoms with Crippen LogP contribution in [0.25, 0.3) is 9.88 Å². The number of thiophene rings is 1. The van der Waals surface area contributed by atoms with Crippen LogP contribution < -0.4 is 15.6 Å². The summed E-state index contributed by atoms with van der Waals surface area (Å²) in [5, 5.41) is 6.32. The van der Waals surface area contributed by atoms with E-state index < -0.39 is 11.3 Å². The van der Waals surface area contributed by atoms with E-state index in [1.54, 1.807) is 46.6 Å². The fourth-order valence-corrected chi connectivity index (χ4v) is 6.19. The van der Waals surface area contributed by atoms with E-state index in [-0.39, 0.29) is 6.04 Å². The smallest absolute Gasteiger partial charge is 0.173 e. The third-order valence-electron chi connectivity index (χ3n) is 4.60. The molecule has 7 nitrogen and oxygen atoms in total. The number of hydrazine groups is 1. The number of hydrogen-bond donors (Lipinski definition) is 3. The standard InChI is InChI=1S/C20H23N5O2S4/c1-2-4-18-23-24-20(30-18)22-15(11-13-6-8-14(9-7-13)25-31(26)27)16-12-29-19(21-16)17-5-3-10-28-17/h3,5-10,12,15,18,23,25H,2,4,11H2,1H3,(H,22,24)(H,26,27)/p-1/t15-,18?/m0/s1. The summed E-state index contributed by atoms with van der Waals surface area (Å²) in [5.41, 5.74) is 9.01. The van der Waals surface area contributed by atoms with E-state index in [0.717, 1.165) is 39.2 Å². The first kappa shape index (κ1) is 22.4. The third-order valence-corrected chi connectivity index (χ3v) is 7.97. The summed E-state index contributed by atoms with van der Waals surface area (Å²) in [7, 11) is 0. The minimum absolute atomic E-state index is 0.144. The Balaban J connectivity index is 1.56. The maximum Gasteiger partial charge on any atom is 0.173 e. The Morgan fingerprint density at radius 1 is 1.29 bits per heavy atom. The molecule has 1 aromatic carbocycles. The molecule has 11 heteroatoms. The summed E-state index contributed by atoms with van der Waals surface area (Å²) in [6.45, 7) is 2.17. The average molecular weight is 493 g/mol. The fraction of sp³-hybridized carbons (Fsp3) is 0.300. The Kier molecular flexibility index (Phi) is 7.75. The van der Waals surface area contributed by atoms with Crippen molar-refractivity contribution in [1.29, 1.82) is 0 Å². The van der Waals surface area contributed by atoms with Crippen LogP contribution in [0.5, 0.6) is 0 Å². The molecular formula is C20H22N5O2S4-. The molecule has 2 aromatic heterocycles. The second kappa shape index (κ2) is 10.7. The van der Waals surface area contributed by atoms with Gasteiger partial charge in [-0.05, 0) is 35.6 Å². The number of thiazole rings is 1. The topological polar surface area (TPSA) is 101 Å². The van der Waals surface area contributed by atoms with E-state index in [1.165, 1.54) is 0 Å². The van der Waals surface area contributed by atoms with Crippen LogP contribution >= 0.6 is 34.4 Å². The van der Waals surface area contributed by atoms with Crippen molar-refractivity contribution in [2.75, 3.05) is 4.72 Å². The van der Waals surface area contributed by atoms with E-state index in [0.29, 0.717) is 17.5 Å². The quantitative estimate of drug-likeness (QED) is 0.375. The van der Waals surface area contributed by atoms with Crippen LogP contribution in [0, 0.1) is 0 Å². The van der Waals surface area contributed by atoms with Crippen molar-refractivity contribution in [3.8, 4) is 9.88 Å². The SMILES string of the molecule is CCCC1NNC(=N[C@@H](Cc2ccc(NS(=O)[O-])cc2)c2csc(-c3cccs3)n2)S1. The average Bonchev–Trinajstić information content (AvgIpc) is 3.50. The highest BCUT2D eigenvalue weighted by Crippen LogP contribution is 2.33. The van der Waals surface area contributed by atoms with E-state index in [9.17, 15) is 8.76 Å². The van der Waals surface area contributed by atoms with Gasteiger partial charge in [0.05, 0.1) is 22.0 Å². The molecular weight excluding hydrogens is 471 g/mol. The van der Waals surface area contributed by atoms with Gasteiger partial charge in [0, 0.05) is 28.8 Å². The number of thioether (sulfide) groups is 1. The van der Waals surface area contributed by atoms with Gasteiger partial charge in [0.15, 0.2) is 5.17 Å². The van der Waals surface area contributed by atoms with Gasteiger partial charge in [0.1, 0.15) is 5.01 Å².